The Labute approximate surface area is 434 Å². The lowest BCUT2D eigenvalue weighted by molar-refractivity contribution is 0.590. The van der Waals surface area contributed by atoms with Gasteiger partial charge in [-0.3, -0.25) is 0 Å². The lowest BCUT2D eigenvalue weighted by Crippen LogP contribution is -2.35. The van der Waals surface area contributed by atoms with Gasteiger partial charge in [-0.2, -0.15) is 0 Å². The molecule has 0 bridgehead atoms. The molecule has 1 N–H and O–H groups in total. The second-order valence-corrected chi connectivity index (χ2v) is 26.4. The molecule has 12 rings (SSSR count). The third-order valence-corrected chi connectivity index (χ3v) is 17.3. The van der Waals surface area contributed by atoms with E-state index in [2.05, 4.69) is 263 Å². The van der Waals surface area contributed by atoms with Gasteiger partial charge in [-0.1, -0.05) is 156 Å². The number of nitrogens with zero attached hydrogens (tertiary/aromatic N) is 2. The van der Waals surface area contributed by atoms with Gasteiger partial charge < -0.3 is 14.8 Å². The summed E-state index contributed by atoms with van der Waals surface area (Å²) >= 11 is 3.81. The van der Waals surface area contributed by atoms with Crippen molar-refractivity contribution in [2.24, 2.45) is 0 Å². The summed E-state index contributed by atoms with van der Waals surface area (Å²) in [6.07, 6.45) is 0. The van der Waals surface area contributed by atoms with E-state index in [9.17, 15) is 0 Å². The Hall–Kier alpha value is -6.60. The van der Waals surface area contributed by atoms with Crippen LogP contribution >= 0.6 is 22.7 Å². The normalized spacial score (nSPS) is 13.1. The van der Waals surface area contributed by atoms with Crippen LogP contribution in [-0.4, -0.2) is 11.8 Å². The van der Waals surface area contributed by atoms with Crippen LogP contribution in [0.5, 0.6) is 0 Å². The molecule has 11 aromatic rings. The maximum absolute atomic E-state index is 3.96. The first-order valence-corrected chi connectivity index (χ1v) is 27.2. The monoisotopic (exact) mass is 972 g/mol. The Balaban J connectivity index is 1.13. The summed E-state index contributed by atoms with van der Waals surface area (Å²) in [6.45, 7) is 27.5. The summed E-state index contributed by atoms with van der Waals surface area (Å²) in [4.78, 5) is 2.43. The number of hydrogen-bond acceptors (Lipinski definition) is 4. The maximum Gasteiger partial charge on any atom is 0.211 e. The van der Waals surface area contributed by atoms with Crippen molar-refractivity contribution in [3.05, 3.63) is 180 Å². The Kier molecular flexibility index (Phi) is 10.6. The van der Waals surface area contributed by atoms with E-state index in [4.69, 9.17) is 0 Å². The van der Waals surface area contributed by atoms with Crippen LogP contribution < -0.4 is 20.5 Å². The van der Waals surface area contributed by atoms with E-state index < -0.39 is 0 Å². The molecule has 72 heavy (non-hydrogen) atoms. The second kappa shape index (κ2) is 16.5. The number of hydrogen-bond donors (Lipinski definition) is 1. The summed E-state index contributed by atoms with van der Waals surface area (Å²) < 4.78 is 7.88. The number of fused-ring (bicyclic) bond motifs is 10. The van der Waals surface area contributed by atoms with Gasteiger partial charge in [0.05, 0.1) is 11.2 Å². The minimum Gasteiger partial charge on any atom is -0.355 e. The van der Waals surface area contributed by atoms with Gasteiger partial charge in [0.2, 0.25) is 7.28 Å². The van der Waals surface area contributed by atoms with E-state index in [1.165, 1.54) is 95.8 Å². The van der Waals surface area contributed by atoms with Crippen molar-refractivity contribution in [2.75, 3.05) is 10.2 Å². The van der Waals surface area contributed by atoms with Crippen molar-refractivity contribution >= 4 is 121 Å². The van der Waals surface area contributed by atoms with Gasteiger partial charge >= 0.3 is 0 Å². The van der Waals surface area contributed by atoms with Gasteiger partial charge in [-0.05, 0) is 145 Å². The smallest absolute Gasteiger partial charge is 0.211 e. The van der Waals surface area contributed by atoms with E-state index in [-0.39, 0.29) is 21.7 Å². The van der Waals surface area contributed by atoms with Crippen molar-refractivity contribution in [2.45, 2.75) is 105 Å². The lowest BCUT2D eigenvalue weighted by Gasteiger charge is -2.29. The standard InChI is InChI=1S/C66H63BN3S2/c1-63(2,3)39-17-24-43(25-18-39)68-54-33-30-46(69(44-26-19-40(20-27-44)64(4,5)6)45-28-21-41(22-29-45)65(7,8)9)36-50(54)48-31-32-49-51-37-52-47-15-13-14-16-56(47)71-58(52)38-55(51)70-60(49)59(48)67-62-61(70)53-35-42(66(10,11)12)23-34-57(53)72-62/h13-38,68H,1-12H3. The average Bonchev–Trinajstić information content (AvgIpc) is 4.00. The van der Waals surface area contributed by atoms with Gasteiger partial charge in [0, 0.05) is 80.5 Å². The molecule has 4 heterocycles. The molecule has 0 spiro atoms. The molecular formula is C66H63BN3S2. The molecule has 0 saturated heterocycles. The van der Waals surface area contributed by atoms with E-state index in [1.54, 1.807) is 0 Å². The highest BCUT2D eigenvalue weighted by atomic mass is 32.1. The van der Waals surface area contributed by atoms with E-state index in [1.807, 2.05) is 22.7 Å². The molecule has 3 aromatic heterocycles. The zero-order valence-electron chi connectivity index (χ0n) is 43.8. The number of nitrogens with one attached hydrogen (secondary N) is 1. The Morgan fingerprint density at radius 2 is 1.00 bits per heavy atom. The number of aromatic nitrogens is 1. The maximum atomic E-state index is 3.96. The minimum absolute atomic E-state index is 0.0163. The second-order valence-electron chi connectivity index (χ2n) is 24.3. The van der Waals surface area contributed by atoms with Crippen LogP contribution in [0.4, 0.5) is 28.4 Å². The van der Waals surface area contributed by atoms with Gasteiger partial charge in [0.15, 0.2) is 0 Å². The Bertz CT molecular complexity index is 3880. The van der Waals surface area contributed by atoms with Crippen LogP contribution in [0.1, 0.15) is 105 Å². The lowest BCUT2D eigenvalue weighted by atomic mass is 9.63. The Morgan fingerprint density at radius 3 is 1.62 bits per heavy atom. The molecule has 1 radical (unpaired) electrons. The predicted octanol–water partition coefficient (Wildman–Crippen LogP) is 18.4. The number of anilines is 5. The molecule has 0 fully saturated rings. The molecular weight excluding hydrogens is 910 g/mol. The minimum atomic E-state index is 0.0163. The van der Waals surface area contributed by atoms with Crippen molar-refractivity contribution < 1.29 is 0 Å². The molecule has 0 amide bonds. The number of thiophene rings is 2. The SMILES string of the molecule is CC(C)(C)c1ccc(Nc2ccc(N(c3ccc(C(C)(C)C)cc3)c3ccc(C(C)(C)C)cc3)cc2-c2ccc3c4cc5c(cc4n4c3c2[B]c2sc3ccc(C(C)(C)C)cc3c2-4)sc2ccccc25)cc1. The molecule has 3 nitrogen and oxygen atoms in total. The fourth-order valence-corrected chi connectivity index (χ4v) is 13.1. The fraction of sp³-hybridized carbons (Fsp3) is 0.242. The first kappa shape index (κ1) is 46.5. The number of rotatable bonds is 6. The molecule has 0 aliphatic carbocycles. The molecule has 6 heteroatoms. The highest BCUT2D eigenvalue weighted by Crippen LogP contribution is 2.46. The topological polar surface area (TPSA) is 20.2 Å². The molecule has 0 atom stereocenters. The summed E-state index contributed by atoms with van der Waals surface area (Å²) in [5.74, 6) is 0. The van der Waals surface area contributed by atoms with Crippen LogP contribution in [0.2, 0.25) is 0 Å². The summed E-state index contributed by atoms with van der Waals surface area (Å²) in [6, 6.07) is 60.2. The first-order chi connectivity index (χ1) is 34.2. The summed E-state index contributed by atoms with van der Waals surface area (Å²) in [5.41, 5.74) is 18.3. The van der Waals surface area contributed by atoms with E-state index in [0.717, 1.165) is 34.0 Å². The van der Waals surface area contributed by atoms with Crippen molar-refractivity contribution in [3.63, 3.8) is 0 Å². The zero-order valence-corrected chi connectivity index (χ0v) is 45.4. The molecule has 0 saturated carbocycles. The third-order valence-electron chi connectivity index (χ3n) is 15.1. The van der Waals surface area contributed by atoms with E-state index in [0.29, 0.717) is 0 Å². The predicted molar refractivity (Wildman–Crippen MR) is 319 cm³/mol. The molecule has 1 aliphatic heterocycles. The first-order valence-electron chi connectivity index (χ1n) is 25.6. The van der Waals surface area contributed by atoms with E-state index >= 15 is 0 Å². The zero-order chi connectivity index (χ0) is 50.2. The summed E-state index contributed by atoms with van der Waals surface area (Å²) in [5, 5.41) is 10.5. The van der Waals surface area contributed by atoms with Gasteiger partial charge in [-0.15, -0.1) is 22.7 Å². The molecule has 0 unspecified atom stereocenters. The van der Waals surface area contributed by atoms with Crippen molar-refractivity contribution in [1.29, 1.82) is 0 Å². The largest absolute Gasteiger partial charge is 0.355 e. The highest BCUT2D eigenvalue weighted by molar-refractivity contribution is 7.29. The van der Waals surface area contributed by atoms with Crippen molar-refractivity contribution in [3.8, 4) is 16.8 Å². The van der Waals surface area contributed by atoms with Crippen LogP contribution in [0.25, 0.3) is 68.9 Å². The van der Waals surface area contributed by atoms with Gasteiger partial charge in [0.1, 0.15) is 0 Å². The molecule has 1 aliphatic rings. The van der Waals surface area contributed by atoms with Crippen LogP contribution in [0.3, 0.4) is 0 Å². The van der Waals surface area contributed by atoms with Gasteiger partial charge in [0.25, 0.3) is 0 Å². The number of benzene rings is 8. The Morgan fingerprint density at radius 1 is 0.431 bits per heavy atom. The third kappa shape index (κ3) is 7.85. The van der Waals surface area contributed by atoms with Crippen molar-refractivity contribution in [1.82, 2.24) is 4.57 Å². The molecule has 357 valence electrons. The highest BCUT2D eigenvalue weighted by Gasteiger charge is 2.31. The van der Waals surface area contributed by atoms with Crippen LogP contribution in [-0.2, 0) is 21.7 Å². The summed E-state index contributed by atoms with van der Waals surface area (Å²) in [7, 11) is 2.51. The van der Waals surface area contributed by atoms with Crippen LogP contribution in [0.15, 0.2) is 158 Å². The average molecular weight is 973 g/mol. The fourth-order valence-electron chi connectivity index (χ4n) is 10.9. The quantitative estimate of drug-likeness (QED) is 0.168. The molecule has 8 aromatic carbocycles. The van der Waals surface area contributed by atoms with Crippen LogP contribution in [0, 0.1) is 0 Å². The van der Waals surface area contributed by atoms with Gasteiger partial charge in [-0.25, -0.2) is 0 Å².